The quantitative estimate of drug-likeness (QED) is 0.847. The molecular formula is C17H23N3O2S. The Morgan fingerprint density at radius 2 is 2.22 bits per heavy atom. The van der Waals surface area contributed by atoms with Crippen LogP contribution >= 0.6 is 11.3 Å². The Kier molecular flexibility index (Phi) is 3.69. The van der Waals surface area contributed by atoms with Crippen molar-refractivity contribution < 1.29 is 9.59 Å². The minimum Gasteiger partial charge on any atom is -0.341 e. The van der Waals surface area contributed by atoms with Crippen molar-refractivity contribution >= 4 is 28.8 Å². The van der Waals surface area contributed by atoms with Crippen molar-refractivity contribution in [3.63, 3.8) is 0 Å². The Morgan fingerprint density at radius 3 is 2.91 bits per heavy atom. The lowest BCUT2D eigenvalue weighted by Gasteiger charge is -2.46. The molecule has 1 aliphatic carbocycles. The Morgan fingerprint density at radius 1 is 1.39 bits per heavy atom. The summed E-state index contributed by atoms with van der Waals surface area (Å²) in [6, 6.07) is 2.01. The molecule has 0 aromatic carbocycles. The molecule has 0 unspecified atom stereocenters. The number of likely N-dealkylation sites (N-methyl/N-ethyl adjacent to an activating group) is 1. The van der Waals surface area contributed by atoms with Gasteiger partial charge < -0.3 is 9.80 Å². The highest BCUT2D eigenvalue weighted by molar-refractivity contribution is 7.08. The normalized spacial score (nSPS) is 28.8. The molecule has 2 saturated heterocycles. The highest BCUT2D eigenvalue weighted by Crippen LogP contribution is 2.37. The first-order valence-corrected chi connectivity index (χ1v) is 9.33. The van der Waals surface area contributed by atoms with Crippen molar-refractivity contribution in [2.45, 2.75) is 31.2 Å². The fraction of sp³-hybridized carbons (Fsp3) is 0.647. The van der Waals surface area contributed by atoms with Crippen LogP contribution in [0.4, 0.5) is 5.69 Å². The molecule has 2 aliphatic heterocycles. The molecule has 0 radical (unpaired) electrons. The first-order chi connectivity index (χ1) is 11.1. The number of likely N-dealkylation sites (tertiary alicyclic amines) is 1. The summed E-state index contributed by atoms with van der Waals surface area (Å²) in [7, 11) is 2.03. The van der Waals surface area contributed by atoms with E-state index in [4.69, 9.17) is 0 Å². The maximum absolute atomic E-state index is 12.4. The Bertz CT molecular complexity index is 613. The van der Waals surface area contributed by atoms with Gasteiger partial charge in [-0.05, 0) is 43.7 Å². The SMILES string of the molecule is CN1CC(=O)N(c2ccsc2)C[C@@]12CCN(C(=O)CC1CC1)C2. The monoisotopic (exact) mass is 333 g/mol. The van der Waals surface area contributed by atoms with Crippen LogP contribution in [0.15, 0.2) is 16.8 Å². The molecule has 4 rings (SSSR count). The maximum atomic E-state index is 12.4. The largest absolute Gasteiger partial charge is 0.341 e. The minimum absolute atomic E-state index is 0.0882. The van der Waals surface area contributed by atoms with Crippen LogP contribution in [0.1, 0.15) is 25.7 Å². The third-order valence-corrected chi connectivity index (χ3v) is 6.27. The second-order valence-electron chi connectivity index (χ2n) is 7.25. The van der Waals surface area contributed by atoms with E-state index in [1.54, 1.807) is 11.3 Å². The molecule has 3 aliphatic rings. The van der Waals surface area contributed by atoms with E-state index in [0.717, 1.165) is 25.2 Å². The van der Waals surface area contributed by atoms with E-state index in [2.05, 4.69) is 4.90 Å². The summed E-state index contributed by atoms with van der Waals surface area (Å²) in [4.78, 5) is 31.0. The molecule has 23 heavy (non-hydrogen) atoms. The number of anilines is 1. The van der Waals surface area contributed by atoms with Gasteiger partial charge in [0.1, 0.15) is 0 Å². The average molecular weight is 333 g/mol. The third kappa shape index (κ3) is 2.78. The summed E-state index contributed by atoms with van der Waals surface area (Å²) in [5.74, 6) is 1.09. The number of nitrogens with zero attached hydrogens (tertiary/aromatic N) is 3. The summed E-state index contributed by atoms with van der Waals surface area (Å²) in [6.45, 7) is 2.69. The van der Waals surface area contributed by atoms with Gasteiger partial charge >= 0.3 is 0 Å². The lowest BCUT2D eigenvalue weighted by molar-refractivity contribution is -0.131. The molecule has 3 heterocycles. The highest BCUT2D eigenvalue weighted by atomic mass is 32.1. The van der Waals surface area contributed by atoms with E-state index in [-0.39, 0.29) is 11.4 Å². The summed E-state index contributed by atoms with van der Waals surface area (Å²) < 4.78 is 0. The second-order valence-corrected chi connectivity index (χ2v) is 8.03. The Balaban J connectivity index is 1.50. The van der Waals surface area contributed by atoms with Crippen molar-refractivity contribution in [2.75, 3.05) is 38.1 Å². The number of piperazine rings is 1. The number of rotatable bonds is 3. The van der Waals surface area contributed by atoms with Crippen LogP contribution in [-0.4, -0.2) is 60.4 Å². The van der Waals surface area contributed by atoms with Gasteiger partial charge in [-0.25, -0.2) is 0 Å². The van der Waals surface area contributed by atoms with Crippen LogP contribution < -0.4 is 4.90 Å². The van der Waals surface area contributed by atoms with Gasteiger partial charge in [0.05, 0.1) is 17.8 Å². The summed E-state index contributed by atoms with van der Waals surface area (Å²) in [5, 5.41) is 4.04. The van der Waals surface area contributed by atoms with Gasteiger partial charge in [0.2, 0.25) is 11.8 Å². The van der Waals surface area contributed by atoms with Gasteiger partial charge in [-0.3, -0.25) is 14.5 Å². The van der Waals surface area contributed by atoms with E-state index < -0.39 is 0 Å². The molecule has 124 valence electrons. The highest BCUT2D eigenvalue weighted by Gasteiger charge is 2.48. The van der Waals surface area contributed by atoms with Gasteiger partial charge in [-0.15, -0.1) is 0 Å². The van der Waals surface area contributed by atoms with Crippen LogP contribution in [0, 0.1) is 5.92 Å². The molecule has 3 fully saturated rings. The molecule has 0 bridgehead atoms. The van der Waals surface area contributed by atoms with Crippen molar-refractivity contribution in [1.82, 2.24) is 9.80 Å². The van der Waals surface area contributed by atoms with Crippen LogP contribution in [0.3, 0.4) is 0 Å². The number of hydrogen-bond donors (Lipinski definition) is 0. The van der Waals surface area contributed by atoms with Crippen molar-refractivity contribution in [1.29, 1.82) is 0 Å². The standard InChI is InChI=1S/C17H23N3O2S/c1-18-9-16(22)20(14-4-7-23-10-14)12-17(18)5-6-19(11-17)15(21)8-13-2-3-13/h4,7,10,13H,2-3,5-6,8-9,11-12H2,1H3/t17-/m0/s1. The van der Waals surface area contributed by atoms with Crippen LogP contribution in [0.2, 0.25) is 0 Å². The van der Waals surface area contributed by atoms with Crippen molar-refractivity contribution in [2.24, 2.45) is 5.92 Å². The summed E-state index contributed by atoms with van der Waals surface area (Å²) in [6.07, 6.45) is 4.09. The fourth-order valence-electron chi connectivity index (χ4n) is 3.81. The predicted octanol–water partition coefficient (Wildman–Crippen LogP) is 1.80. The zero-order valence-corrected chi connectivity index (χ0v) is 14.3. The number of thiophene rings is 1. The minimum atomic E-state index is -0.0882. The molecule has 0 N–H and O–H groups in total. The van der Waals surface area contributed by atoms with Crippen molar-refractivity contribution in [3.8, 4) is 0 Å². The van der Waals surface area contributed by atoms with Crippen LogP contribution in [0.5, 0.6) is 0 Å². The zero-order chi connectivity index (χ0) is 16.0. The molecular weight excluding hydrogens is 310 g/mol. The van der Waals surface area contributed by atoms with E-state index in [1.165, 1.54) is 12.8 Å². The molecule has 1 saturated carbocycles. The zero-order valence-electron chi connectivity index (χ0n) is 13.5. The first kappa shape index (κ1) is 15.1. The number of carbonyl (C=O) groups is 2. The Hall–Kier alpha value is -1.40. The topological polar surface area (TPSA) is 43.9 Å². The van der Waals surface area contributed by atoms with Gasteiger partial charge in [-0.1, -0.05) is 0 Å². The predicted molar refractivity (Wildman–Crippen MR) is 90.6 cm³/mol. The molecule has 1 atom stereocenters. The van der Waals surface area contributed by atoms with Crippen LogP contribution in [0.25, 0.3) is 0 Å². The second kappa shape index (κ2) is 5.60. The van der Waals surface area contributed by atoms with E-state index in [1.807, 2.05) is 33.7 Å². The van der Waals surface area contributed by atoms with Gasteiger partial charge in [0, 0.05) is 31.4 Å². The summed E-state index contributed by atoms with van der Waals surface area (Å²) in [5.41, 5.74) is 0.907. The lowest BCUT2D eigenvalue weighted by atomic mass is 9.93. The van der Waals surface area contributed by atoms with Crippen molar-refractivity contribution in [3.05, 3.63) is 16.8 Å². The fourth-order valence-corrected chi connectivity index (χ4v) is 4.46. The Labute approximate surface area is 140 Å². The number of hydrogen-bond acceptors (Lipinski definition) is 4. The number of carbonyl (C=O) groups excluding carboxylic acids is 2. The first-order valence-electron chi connectivity index (χ1n) is 8.39. The average Bonchev–Trinajstić information content (AvgIpc) is 3.04. The molecule has 1 aromatic rings. The molecule has 1 spiro atoms. The summed E-state index contributed by atoms with van der Waals surface area (Å²) >= 11 is 1.61. The molecule has 5 nitrogen and oxygen atoms in total. The van der Waals surface area contributed by atoms with Gasteiger partial charge in [0.15, 0.2) is 0 Å². The molecule has 1 aromatic heterocycles. The van der Waals surface area contributed by atoms with Gasteiger partial charge in [-0.2, -0.15) is 11.3 Å². The van der Waals surface area contributed by atoms with E-state index in [9.17, 15) is 9.59 Å². The van der Waals surface area contributed by atoms with Crippen LogP contribution in [-0.2, 0) is 9.59 Å². The lowest BCUT2D eigenvalue weighted by Crippen LogP contribution is -2.64. The molecule has 2 amide bonds. The van der Waals surface area contributed by atoms with Gasteiger partial charge in [0.25, 0.3) is 0 Å². The smallest absolute Gasteiger partial charge is 0.241 e. The number of amides is 2. The van der Waals surface area contributed by atoms with E-state index in [0.29, 0.717) is 31.3 Å². The molecule has 6 heteroatoms. The maximum Gasteiger partial charge on any atom is 0.241 e. The van der Waals surface area contributed by atoms with E-state index >= 15 is 0 Å². The third-order valence-electron chi connectivity index (χ3n) is 5.60.